The Morgan fingerprint density at radius 2 is 1.71 bits per heavy atom. The van der Waals surface area contributed by atoms with Crippen molar-refractivity contribution in [2.45, 2.75) is 57.4 Å². The second-order valence-electron chi connectivity index (χ2n) is 9.22. The van der Waals surface area contributed by atoms with E-state index in [2.05, 4.69) is 16.0 Å². The number of pyridine rings is 1. The molecule has 0 spiro atoms. The SMILES string of the molecule is CN(C(=O)CCN1C(=O)C2CCCCC2C1=O)C1CCN(CCc2ccccn2)CC1. The number of hydrogen-bond acceptors (Lipinski definition) is 5. The van der Waals surface area contributed by atoms with Crippen LogP contribution in [-0.2, 0) is 20.8 Å². The normalized spacial score (nSPS) is 25.0. The van der Waals surface area contributed by atoms with Gasteiger partial charge in [0.05, 0.1) is 11.8 Å². The molecule has 2 saturated heterocycles. The highest BCUT2D eigenvalue weighted by molar-refractivity contribution is 6.05. The minimum Gasteiger partial charge on any atom is -0.343 e. The maximum atomic E-state index is 12.8. The van der Waals surface area contributed by atoms with Crippen LogP contribution in [0.3, 0.4) is 0 Å². The van der Waals surface area contributed by atoms with E-state index < -0.39 is 0 Å². The van der Waals surface area contributed by atoms with E-state index in [0.29, 0.717) is 0 Å². The molecule has 1 saturated carbocycles. The molecule has 0 bridgehead atoms. The van der Waals surface area contributed by atoms with Gasteiger partial charge in [0.1, 0.15) is 0 Å². The average molecular weight is 427 g/mol. The summed E-state index contributed by atoms with van der Waals surface area (Å²) in [5.74, 6) is -0.339. The molecule has 3 fully saturated rings. The zero-order chi connectivity index (χ0) is 21.8. The minimum absolute atomic E-state index is 0.0300. The smallest absolute Gasteiger partial charge is 0.233 e. The van der Waals surface area contributed by atoms with E-state index in [4.69, 9.17) is 0 Å². The second-order valence-corrected chi connectivity index (χ2v) is 9.22. The molecule has 2 unspecified atom stereocenters. The Morgan fingerprint density at radius 1 is 1.03 bits per heavy atom. The fourth-order valence-electron chi connectivity index (χ4n) is 5.39. The number of nitrogens with zero attached hydrogens (tertiary/aromatic N) is 4. The predicted octanol–water partition coefficient (Wildman–Crippen LogP) is 2.11. The van der Waals surface area contributed by atoms with Gasteiger partial charge in [0.25, 0.3) is 0 Å². The Balaban J connectivity index is 1.20. The number of carbonyl (C=O) groups excluding carboxylic acids is 3. The molecule has 1 aliphatic carbocycles. The van der Waals surface area contributed by atoms with Crippen LogP contribution in [-0.4, -0.2) is 76.7 Å². The summed E-state index contributed by atoms with van der Waals surface area (Å²) in [7, 11) is 1.87. The third kappa shape index (κ3) is 4.97. The number of hydrogen-bond donors (Lipinski definition) is 0. The minimum atomic E-state index is -0.135. The molecule has 0 N–H and O–H groups in total. The molecule has 1 aromatic rings. The van der Waals surface area contributed by atoms with Crippen molar-refractivity contribution in [2.24, 2.45) is 11.8 Å². The monoisotopic (exact) mass is 426 g/mol. The predicted molar refractivity (Wildman–Crippen MR) is 117 cm³/mol. The fourth-order valence-corrected chi connectivity index (χ4v) is 5.39. The van der Waals surface area contributed by atoms with Crippen molar-refractivity contribution >= 4 is 17.7 Å². The van der Waals surface area contributed by atoms with E-state index >= 15 is 0 Å². The molecule has 3 amide bonds. The number of amides is 3. The quantitative estimate of drug-likeness (QED) is 0.625. The lowest BCUT2D eigenvalue weighted by atomic mass is 9.81. The maximum absolute atomic E-state index is 12.8. The van der Waals surface area contributed by atoms with Crippen molar-refractivity contribution in [1.29, 1.82) is 0 Å². The summed E-state index contributed by atoms with van der Waals surface area (Å²) in [5.41, 5.74) is 1.11. The molecule has 1 aromatic heterocycles. The van der Waals surface area contributed by atoms with Crippen molar-refractivity contribution < 1.29 is 14.4 Å². The van der Waals surface area contributed by atoms with E-state index in [-0.39, 0.29) is 48.6 Å². The molecule has 0 radical (unpaired) electrons. The van der Waals surface area contributed by atoms with E-state index in [0.717, 1.165) is 70.3 Å². The van der Waals surface area contributed by atoms with Gasteiger partial charge in [-0.2, -0.15) is 0 Å². The molecular formula is C24H34N4O3. The van der Waals surface area contributed by atoms with Crippen LogP contribution in [0.5, 0.6) is 0 Å². The first-order valence-electron chi connectivity index (χ1n) is 11.8. The molecule has 31 heavy (non-hydrogen) atoms. The summed E-state index contributed by atoms with van der Waals surface area (Å²) < 4.78 is 0. The molecule has 3 aliphatic rings. The van der Waals surface area contributed by atoms with Crippen molar-refractivity contribution in [3.8, 4) is 0 Å². The van der Waals surface area contributed by atoms with Crippen LogP contribution in [0.2, 0.25) is 0 Å². The van der Waals surface area contributed by atoms with Gasteiger partial charge in [0.2, 0.25) is 17.7 Å². The highest BCUT2D eigenvalue weighted by atomic mass is 16.2. The zero-order valence-corrected chi connectivity index (χ0v) is 18.5. The van der Waals surface area contributed by atoms with Gasteiger partial charge in [0, 0.05) is 64.0 Å². The molecule has 3 heterocycles. The van der Waals surface area contributed by atoms with Gasteiger partial charge in [0.15, 0.2) is 0 Å². The van der Waals surface area contributed by atoms with Crippen molar-refractivity contribution in [3.63, 3.8) is 0 Å². The molecule has 168 valence electrons. The van der Waals surface area contributed by atoms with E-state index in [9.17, 15) is 14.4 Å². The Kier molecular flexibility index (Phi) is 7.00. The molecule has 2 aliphatic heterocycles. The van der Waals surface area contributed by atoms with Crippen molar-refractivity contribution in [3.05, 3.63) is 30.1 Å². The first kappa shape index (κ1) is 21.9. The molecule has 2 atom stereocenters. The van der Waals surface area contributed by atoms with Crippen LogP contribution < -0.4 is 0 Å². The van der Waals surface area contributed by atoms with Crippen LogP contribution in [0.4, 0.5) is 0 Å². The number of aromatic nitrogens is 1. The summed E-state index contributed by atoms with van der Waals surface area (Å²) in [6, 6.07) is 6.24. The van der Waals surface area contributed by atoms with Gasteiger partial charge in [-0.25, -0.2) is 0 Å². The molecular weight excluding hydrogens is 392 g/mol. The molecule has 7 heteroatoms. The molecule has 0 aromatic carbocycles. The maximum Gasteiger partial charge on any atom is 0.233 e. The Labute approximate surface area is 184 Å². The lowest BCUT2D eigenvalue weighted by Crippen LogP contribution is -2.46. The highest BCUT2D eigenvalue weighted by Crippen LogP contribution is 2.38. The third-order valence-corrected chi connectivity index (χ3v) is 7.39. The van der Waals surface area contributed by atoms with E-state index in [1.165, 1.54) is 4.90 Å². The number of fused-ring (bicyclic) bond motifs is 1. The van der Waals surface area contributed by atoms with E-state index in [1.54, 1.807) is 0 Å². The van der Waals surface area contributed by atoms with Gasteiger partial charge in [-0.3, -0.25) is 24.3 Å². The van der Waals surface area contributed by atoms with Gasteiger partial charge in [-0.15, -0.1) is 0 Å². The zero-order valence-electron chi connectivity index (χ0n) is 18.5. The fraction of sp³-hybridized carbons (Fsp3) is 0.667. The Morgan fingerprint density at radius 3 is 2.32 bits per heavy atom. The van der Waals surface area contributed by atoms with Crippen LogP contribution in [0.15, 0.2) is 24.4 Å². The third-order valence-electron chi connectivity index (χ3n) is 7.39. The number of rotatable bonds is 7. The Bertz CT molecular complexity index is 767. The number of imide groups is 1. The molecule has 4 rings (SSSR count). The van der Waals surface area contributed by atoms with Gasteiger partial charge in [-0.05, 0) is 37.8 Å². The summed E-state index contributed by atoms with van der Waals surface area (Å²) in [6.45, 7) is 3.17. The highest BCUT2D eigenvalue weighted by Gasteiger charge is 2.47. The lowest BCUT2D eigenvalue weighted by molar-refractivity contribution is -0.141. The number of likely N-dealkylation sites (tertiary alicyclic amines) is 2. The lowest BCUT2D eigenvalue weighted by Gasteiger charge is -2.37. The Hall–Kier alpha value is -2.28. The van der Waals surface area contributed by atoms with Crippen LogP contribution >= 0.6 is 0 Å². The number of carbonyl (C=O) groups is 3. The average Bonchev–Trinajstić information content (AvgIpc) is 3.06. The standard InChI is InChI=1S/C24H34N4O3/c1-26(19-10-15-27(16-11-19)14-9-18-6-4-5-13-25-18)22(29)12-17-28-23(30)20-7-2-3-8-21(20)24(28)31/h4-6,13,19-21H,2-3,7-12,14-17H2,1H3. The van der Waals surface area contributed by atoms with Crippen LogP contribution in [0.25, 0.3) is 0 Å². The topological polar surface area (TPSA) is 73.8 Å². The molecule has 7 nitrogen and oxygen atoms in total. The number of piperidine rings is 1. The summed E-state index contributed by atoms with van der Waals surface area (Å²) in [6.07, 6.45) is 8.60. The van der Waals surface area contributed by atoms with Gasteiger partial charge in [-0.1, -0.05) is 18.9 Å². The van der Waals surface area contributed by atoms with Crippen molar-refractivity contribution in [1.82, 2.24) is 19.7 Å². The van der Waals surface area contributed by atoms with Gasteiger partial charge >= 0.3 is 0 Å². The largest absolute Gasteiger partial charge is 0.343 e. The first-order chi connectivity index (χ1) is 15.0. The van der Waals surface area contributed by atoms with Crippen LogP contribution in [0.1, 0.15) is 50.6 Å². The summed E-state index contributed by atoms with van der Waals surface area (Å²) in [5, 5.41) is 0. The van der Waals surface area contributed by atoms with Crippen molar-refractivity contribution in [2.75, 3.05) is 33.2 Å². The summed E-state index contributed by atoms with van der Waals surface area (Å²) >= 11 is 0. The van der Waals surface area contributed by atoms with E-state index in [1.807, 2.05) is 30.3 Å². The second kappa shape index (κ2) is 9.90. The van der Waals surface area contributed by atoms with Crippen LogP contribution in [0, 0.1) is 11.8 Å². The summed E-state index contributed by atoms with van der Waals surface area (Å²) in [4.78, 5) is 48.0. The first-order valence-corrected chi connectivity index (χ1v) is 11.8. The van der Waals surface area contributed by atoms with Gasteiger partial charge < -0.3 is 9.80 Å².